The number of sulfone groups is 1. The molecule has 0 unspecified atom stereocenters. The molecule has 0 atom stereocenters. The quantitative estimate of drug-likeness (QED) is 0.718. The lowest BCUT2D eigenvalue weighted by atomic mass is 9.99. The third-order valence-corrected chi connectivity index (χ3v) is 6.62. The second-order valence-electron chi connectivity index (χ2n) is 4.17. The highest BCUT2D eigenvalue weighted by atomic mass is 32.3. The van der Waals surface area contributed by atoms with Crippen molar-refractivity contribution in [2.45, 2.75) is 12.8 Å². The molecule has 17 heavy (non-hydrogen) atoms. The Balaban J connectivity index is 2.69. The topological polar surface area (TPSA) is 109 Å². The van der Waals surface area contributed by atoms with E-state index in [9.17, 15) is 21.6 Å². The van der Waals surface area contributed by atoms with Gasteiger partial charge in [0, 0.05) is 19.3 Å². The average molecular weight is 285 g/mol. The molecule has 9 heteroatoms. The predicted molar refractivity (Wildman–Crippen MR) is 60.6 cm³/mol. The lowest BCUT2D eigenvalue weighted by Crippen LogP contribution is -2.42. The maximum atomic E-state index is 11.7. The van der Waals surface area contributed by atoms with Crippen LogP contribution in [0.15, 0.2) is 0 Å². The minimum absolute atomic E-state index is 0.0643. The zero-order valence-corrected chi connectivity index (χ0v) is 11.0. The van der Waals surface area contributed by atoms with Gasteiger partial charge in [0.1, 0.15) is 0 Å². The number of aliphatic carboxylic acids is 1. The molecule has 0 aromatic heterocycles. The molecule has 1 aliphatic rings. The van der Waals surface area contributed by atoms with Gasteiger partial charge in [-0.3, -0.25) is 4.79 Å². The summed E-state index contributed by atoms with van der Waals surface area (Å²) in [5.74, 6) is -1.48. The van der Waals surface area contributed by atoms with E-state index in [2.05, 4.69) is 0 Å². The van der Waals surface area contributed by atoms with Crippen LogP contribution in [-0.4, -0.2) is 56.6 Å². The van der Waals surface area contributed by atoms with Crippen molar-refractivity contribution in [3.8, 4) is 0 Å². The van der Waals surface area contributed by atoms with Gasteiger partial charge < -0.3 is 5.11 Å². The molecular formula is C8H15NO6S2. The molecule has 0 aliphatic carbocycles. The Morgan fingerprint density at radius 3 is 2.06 bits per heavy atom. The normalized spacial score (nSPS) is 20.3. The minimum Gasteiger partial charge on any atom is -0.481 e. The molecule has 0 radical (unpaired) electrons. The van der Waals surface area contributed by atoms with Crippen LogP contribution in [0.25, 0.3) is 0 Å². The van der Waals surface area contributed by atoms with Gasteiger partial charge in [-0.1, -0.05) is 0 Å². The van der Waals surface area contributed by atoms with Crippen LogP contribution in [0.3, 0.4) is 0 Å². The molecule has 1 fully saturated rings. The zero-order chi connectivity index (χ0) is 13.3. The lowest BCUT2D eigenvalue weighted by Gasteiger charge is -2.28. The van der Waals surface area contributed by atoms with Gasteiger partial charge in [0.25, 0.3) is 0 Å². The molecule has 1 rings (SSSR count). The Hall–Kier alpha value is -0.670. The van der Waals surface area contributed by atoms with Crippen molar-refractivity contribution in [3.63, 3.8) is 0 Å². The molecule has 1 saturated heterocycles. The van der Waals surface area contributed by atoms with E-state index in [0.717, 1.165) is 10.6 Å². The number of carboxylic acids is 1. The van der Waals surface area contributed by atoms with Gasteiger partial charge in [0.05, 0.1) is 5.92 Å². The van der Waals surface area contributed by atoms with Gasteiger partial charge in [-0.15, -0.1) is 0 Å². The van der Waals surface area contributed by atoms with Gasteiger partial charge in [-0.25, -0.2) is 21.1 Å². The Bertz CT molecular complexity index is 486. The highest BCUT2D eigenvalue weighted by molar-refractivity contribution is 8.06. The van der Waals surface area contributed by atoms with Crippen LogP contribution >= 0.6 is 0 Å². The minimum atomic E-state index is -3.84. The smallest absolute Gasteiger partial charge is 0.306 e. The molecule has 1 aliphatic heterocycles. The SMILES string of the molecule is CS(=O)(=O)CS(=O)(=O)N1CCC(C(=O)O)CC1. The van der Waals surface area contributed by atoms with E-state index in [-0.39, 0.29) is 25.9 Å². The monoisotopic (exact) mass is 285 g/mol. The Kier molecular flexibility index (Phi) is 4.15. The summed E-state index contributed by atoms with van der Waals surface area (Å²) in [5.41, 5.74) is 0. The molecule has 1 heterocycles. The molecule has 1 N–H and O–H groups in total. The van der Waals surface area contributed by atoms with Gasteiger partial charge >= 0.3 is 5.97 Å². The van der Waals surface area contributed by atoms with Crippen LogP contribution in [0.5, 0.6) is 0 Å². The molecule has 0 amide bonds. The summed E-state index contributed by atoms with van der Waals surface area (Å²) in [6, 6.07) is 0. The highest BCUT2D eigenvalue weighted by Gasteiger charge is 2.32. The Morgan fingerprint density at radius 2 is 1.71 bits per heavy atom. The van der Waals surface area contributed by atoms with E-state index >= 15 is 0 Å². The van der Waals surface area contributed by atoms with E-state index in [1.54, 1.807) is 0 Å². The zero-order valence-electron chi connectivity index (χ0n) is 9.37. The van der Waals surface area contributed by atoms with E-state index in [1.807, 2.05) is 0 Å². The summed E-state index contributed by atoms with van der Waals surface area (Å²) >= 11 is 0. The third kappa shape index (κ3) is 4.25. The molecule has 0 bridgehead atoms. The summed E-state index contributed by atoms with van der Waals surface area (Å²) < 4.78 is 46.3. The van der Waals surface area contributed by atoms with Crippen LogP contribution in [0, 0.1) is 5.92 Å². The first kappa shape index (κ1) is 14.4. The largest absolute Gasteiger partial charge is 0.481 e. The standard InChI is InChI=1S/C8H15NO6S2/c1-16(12,13)6-17(14,15)9-4-2-7(3-5-9)8(10)11/h7H,2-6H2,1H3,(H,10,11). The van der Waals surface area contributed by atoms with Gasteiger partial charge in [-0.2, -0.15) is 0 Å². The third-order valence-electron chi connectivity index (χ3n) is 2.56. The molecule has 0 spiro atoms. The number of sulfonamides is 1. The number of hydrogen-bond acceptors (Lipinski definition) is 5. The lowest BCUT2D eigenvalue weighted by molar-refractivity contribution is -0.142. The summed E-state index contributed by atoms with van der Waals surface area (Å²) in [5, 5.41) is 7.83. The maximum absolute atomic E-state index is 11.7. The molecule has 100 valence electrons. The van der Waals surface area contributed by atoms with Crippen LogP contribution in [0.2, 0.25) is 0 Å². The first-order chi connectivity index (χ1) is 7.62. The fourth-order valence-corrected chi connectivity index (χ4v) is 5.25. The number of carbonyl (C=O) groups is 1. The fraction of sp³-hybridized carbons (Fsp3) is 0.875. The second-order valence-corrected chi connectivity index (χ2v) is 8.64. The molecule has 0 saturated carbocycles. The number of piperidine rings is 1. The number of rotatable bonds is 4. The van der Waals surface area contributed by atoms with Gasteiger partial charge in [0.2, 0.25) is 10.0 Å². The van der Waals surface area contributed by atoms with E-state index < -0.39 is 36.8 Å². The van der Waals surface area contributed by atoms with Crippen molar-refractivity contribution in [2.75, 3.05) is 24.4 Å². The first-order valence-electron chi connectivity index (χ1n) is 5.00. The van der Waals surface area contributed by atoms with Crippen molar-refractivity contribution in [2.24, 2.45) is 5.92 Å². The van der Waals surface area contributed by atoms with Crippen LogP contribution in [0.4, 0.5) is 0 Å². The van der Waals surface area contributed by atoms with E-state index in [4.69, 9.17) is 5.11 Å². The maximum Gasteiger partial charge on any atom is 0.306 e. The highest BCUT2D eigenvalue weighted by Crippen LogP contribution is 2.20. The van der Waals surface area contributed by atoms with Crippen molar-refractivity contribution in [1.29, 1.82) is 0 Å². The Morgan fingerprint density at radius 1 is 1.24 bits per heavy atom. The molecule has 0 aromatic rings. The average Bonchev–Trinajstić information content (AvgIpc) is 2.14. The van der Waals surface area contributed by atoms with Gasteiger partial charge in [0.15, 0.2) is 14.9 Å². The summed E-state index contributed by atoms with van der Waals surface area (Å²) in [6.45, 7) is 0.129. The number of nitrogens with zero attached hydrogens (tertiary/aromatic N) is 1. The van der Waals surface area contributed by atoms with Crippen LogP contribution in [0.1, 0.15) is 12.8 Å². The second kappa shape index (κ2) is 4.91. The molecule has 0 aromatic carbocycles. The number of hydrogen-bond donors (Lipinski definition) is 1. The van der Waals surface area contributed by atoms with Crippen LogP contribution < -0.4 is 0 Å². The van der Waals surface area contributed by atoms with Crippen molar-refractivity contribution in [3.05, 3.63) is 0 Å². The fourth-order valence-electron chi connectivity index (χ4n) is 1.73. The number of carboxylic acid groups (broad SMARTS) is 1. The predicted octanol–water partition coefficient (Wildman–Crippen LogP) is -0.885. The van der Waals surface area contributed by atoms with Crippen molar-refractivity contribution < 1.29 is 26.7 Å². The Labute approximate surface area is 100 Å². The van der Waals surface area contributed by atoms with Gasteiger partial charge in [-0.05, 0) is 12.8 Å². The van der Waals surface area contributed by atoms with Crippen molar-refractivity contribution >= 4 is 25.8 Å². The van der Waals surface area contributed by atoms with E-state index in [1.165, 1.54) is 0 Å². The first-order valence-corrected chi connectivity index (χ1v) is 8.67. The summed E-state index contributed by atoms with van der Waals surface area (Å²) in [7, 11) is -7.44. The summed E-state index contributed by atoms with van der Waals surface area (Å²) in [4.78, 5) is 10.7. The van der Waals surface area contributed by atoms with E-state index in [0.29, 0.717) is 0 Å². The van der Waals surface area contributed by atoms with Crippen LogP contribution in [-0.2, 0) is 24.7 Å². The van der Waals surface area contributed by atoms with Crippen molar-refractivity contribution in [1.82, 2.24) is 4.31 Å². The molecule has 7 nitrogen and oxygen atoms in total. The molecular weight excluding hydrogens is 270 g/mol. The summed E-state index contributed by atoms with van der Waals surface area (Å²) in [6.07, 6.45) is 1.30.